The average molecular weight is 597 g/mol. The third kappa shape index (κ3) is 7.41. The maximum absolute atomic E-state index is 13.8. The van der Waals surface area contributed by atoms with Crippen LogP contribution in [0.5, 0.6) is 11.5 Å². The van der Waals surface area contributed by atoms with E-state index in [1.54, 1.807) is 0 Å². The smallest absolute Gasteiger partial charge is 0.246 e. The molecule has 2 amide bonds. The summed E-state index contributed by atoms with van der Waals surface area (Å²) in [4.78, 5) is 34.0. The van der Waals surface area contributed by atoms with E-state index in [9.17, 15) is 9.59 Å². The van der Waals surface area contributed by atoms with E-state index >= 15 is 0 Å². The van der Waals surface area contributed by atoms with Gasteiger partial charge in [-0.1, -0.05) is 57.6 Å². The van der Waals surface area contributed by atoms with Gasteiger partial charge in [0.05, 0.1) is 0 Å². The number of piperazine rings is 1. The van der Waals surface area contributed by atoms with Crippen LogP contribution in [0.4, 0.5) is 5.69 Å². The van der Waals surface area contributed by atoms with Crippen molar-refractivity contribution in [2.24, 2.45) is 5.92 Å². The molecule has 1 atom stereocenters. The first-order valence-electron chi connectivity index (χ1n) is 15.8. The molecule has 1 spiro atoms. The van der Waals surface area contributed by atoms with Crippen LogP contribution in [0.1, 0.15) is 76.7 Å². The Labute approximate surface area is 258 Å². The van der Waals surface area contributed by atoms with E-state index in [-0.39, 0.29) is 30.3 Å². The lowest BCUT2D eigenvalue weighted by molar-refractivity contribution is -0.162. The molecule has 1 saturated carbocycles. The molecule has 3 aliphatic rings. The Morgan fingerprint density at radius 2 is 1.55 bits per heavy atom. The van der Waals surface area contributed by atoms with Crippen molar-refractivity contribution in [2.75, 3.05) is 38.6 Å². The van der Waals surface area contributed by atoms with Crippen LogP contribution in [-0.4, -0.2) is 66.9 Å². The molecule has 7 nitrogen and oxygen atoms in total. The number of benzene rings is 2. The number of piperidine rings is 1. The second kappa shape index (κ2) is 14.6. The number of nitrogens with zero attached hydrogens (tertiary/aromatic N) is 3. The van der Waals surface area contributed by atoms with E-state index in [4.69, 9.17) is 4.74 Å². The van der Waals surface area contributed by atoms with Gasteiger partial charge in [0.25, 0.3) is 0 Å². The van der Waals surface area contributed by atoms with Gasteiger partial charge in [0.15, 0.2) is 0 Å². The number of anilines is 1. The van der Waals surface area contributed by atoms with Crippen molar-refractivity contribution in [2.45, 2.75) is 89.3 Å². The van der Waals surface area contributed by atoms with Gasteiger partial charge >= 0.3 is 0 Å². The van der Waals surface area contributed by atoms with Gasteiger partial charge < -0.3 is 19.9 Å². The zero-order chi connectivity index (χ0) is 28.8. The molecule has 0 bridgehead atoms. The van der Waals surface area contributed by atoms with Gasteiger partial charge in [-0.05, 0) is 73.6 Å². The highest BCUT2D eigenvalue weighted by atomic mass is 35.5. The Morgan fingerprint density at radius 3 is 2.14 bits per heavy atom. The summed E-state index contributed by atoms with van der Waals surface area (Å²) < 4.78 is 6.04. The fourth-order valence-corrected chi connectivity index (χ4v) is 6.88. The first kappa shape index (κ1) is 32.2. The third-order valence-electron chi connectivity index (χ3n) is 9.44. The molecule has 3 fully saturated rings. The number of halogens is 1. The van der Waals surface area contributed by atoms with Crippen LogP contribution < -0.4 is 15.0 Å². The molecule has 1 N–H and O–H groups in total. The molecule has 230 valence electrons. The second-order valence-corrected chi connectivity index (χ2v) is 12.6. The number of carbonyl (C=O) groups is 2. The van der Waals surface area contributed by atoms with Gasteiger partial charge in [-0.3, -0.25) is 14.5 Å². The highest BCUT2D eigenvalue weighted by molar-refractivity contribution is 6.00. The summed E-state index contributed by atoms with van der Waals surface area (Å²) in [7, 11) is 4.05. The van der Waals surface area contributed by atoms with Gasteiger partial charge in [-0.15, -0.1) is 12.4 Å². The Hall–Kier alpha value is -2.77. The van der Waals surface area contributed by atoms with Crippen LogP contribution in [0.3, 0.4) is 0 Å². The zero-order valence-electron chi connectivity index (χ0n) is 25.6. The highest BCUT2D eigenvalue weighted by Crippen LogP contribution is 2.36. The number of amides is 2. The molecule has 2 aromatic rings. The number of hydrogen-bond donors (Lipinski definition) is 1. The van der Waals surface area contributed by atoms with E-state index in [0.717, 1.165) is 56.1 Å². The minimum Gasteiger partial charge on any atom is -0.457 e. The molecule has 2 saturated heterocycles. The lowest BCUT2D eigenvalue weighted by Crippen LogP contribution is -2.73. The third-order valence-corrected chi connectivity index (χ3v) is 9.44. The predicted octanol–water partition coefficient (Wildman–Crippen LogP) is 6.40. The standard InChI is InChI=1S/C34H48N4O3.ClH/c1-4-5-21-38-32(39)31(24-26-9-7-6-8-10-26)35-33(40)34(38)19-22-37(23-20-34)25-27-11-15-29(16-12-27)41-30-17-13-28(14-18-30)36(2)3;/h11-18,26,31H,4-10,19-25H2,1-3H3,(H,35,40);1H/t31-;/m0./s1. The fourth-order valence-electron chi connectivity index (χ4n) is 6.88. The lowest BCUT2D eigenvalue weighted by atomic mass is 9.79. The first-order chi connectivity index (χ1) is 19.9. The SMILES string of the molecule is CCCCN1C(=O)[C@H](CC2CCCCC2)NC(=O)C12CCN(Cc1ccc(Oc3ccc(N(C)C)cc3)cc1)CC2.Cl. The normalized spacial score (nSPS) is 21.1. The van der Waals surface area contributed by atoms with Crippen molar-refractivity contribution >= 4 is 29.9 Å². The molecular weight excluding hydrogens is 548 g/mol. The van der Waals surface area contributed by atoms with Crippen molar-refractivity contribution < 1.29 is 14.3 Å². The van der Waals surface area contributed by atoms with Crippen LogP contribution >= 0.6 is 12.4 Å². The molecule has 42 heavy (non-hydrogen) atoms. The summed E-state index contributed by atoms with van der Waals surface area (Å²) in [6, 6.07) is 16.0. The second-order valence-electron chi connectivity index (χ2n) is 12.6. The van der Waals surface area contributed by atoms with Crippen molar-refractivity contribution in [3.05, 3.63) is 54.1 Å². The monoisotopic (exact) mass is 596 g/mol. The van der Waals surface area contributed by atoms with Gasteiger partial charge in [0.1, 0.15) is 23.1 Å². The molecule has 2 aromatic carbocycles. The molecule has 2 heterocycles. The summed E-state index contributed by atoms with van der Waals surface area (Å²) in [5.74, 6) is 2.43. The topological polar surface area (TPSA) is 65.1 Å². The van der Waals surface area contributed by atoms with Gasteiger partial charge in [-0.25, -0.2) is 0 Å². The van der Waals surface area contributed by atoms with Crippen LogP contribution in [0.15, 0.2) is 48.5 Å². The van der Waals surface area contributed by atoms with Crippen molar-refractivity contribution in [1.82, 2.24) is 15.1 Å². The summed E-state index contributed by atoms with van der Waals surface area (Å²) in [6.07, 6.45) is 10.3. The summed E-state index contributed by atoms with van der Waals surface area (Å²) in [5.41, 5.74) is 1.65. The number of ether oxygens (including phenoxy) is 1. The van der Waals surface area contributed by atoms with Crippen molar-refractivity contribution in [3.8, 4) is 11.5 Å². The number of nitrogens with one attached hydrogen (secondary N) is 1. The van der Waals surface area contributed by atoms with Crippen LogP contribution in [0.2, 0.25) is 0 Å². The van der Waals surface area contributed by atoms with E-state index in [0.29, 0.717) is 25.3 Å². The molecule has 0 aromatic heterocycles. The molecule has 0 radical (unpaired) electrons. The molecular formula is C34H49ClN4O3. The minimum absolute atomic E-state index is 0. The Kier molecular flexibility index (Phi) is 11.2. The fraction of sp³-hybridized carbons (Fsp3) is 0.588. The summed E-state index contributed by atoms with van der Waals surface area (Å²) in [6.45, 7) is 5.26. The largest absolute Gasteiger partial charge is 0.457 e. The quantitative estimate of drug-likeness (QED) is 0.344. The molecule has 8 heteroatoms. The van der Waals surface area contributed by atoms with Crippen LogP contribution in [0, 0.1) is 5.92 Å². The average Bonchev–Trinajstić information content (AvgIpc) is 2.99. The minimum atomic E-state index is -0.703. The van der Waals surface area contributed by atoms with Crippen LogP contribution in [-0.2, 0) is 16.1 Å². The van der Waals surface area contributed by atoms with Gasteiger partial charge in [-0.2, -0.15) is 0 Å². The molecule has 2 aliphatic heterocycles. The zero-order valence-corrected chi connectivity index (χ0v) is 26.5. The first-order valence-corrected chi connectivity index (χ1v) is 15.8. The Morgan fingerprint density at radius 1 is 0.929 bits per heavy atom. The van der Waals surface area contributed by atoms with E-state index in [2.05, 4.69) is 34.2 Å². The maximum atomic E-state index is 13.8. The molecule has 0 unspecified atom stereocenters. The van der Waals surface area contributed by atoms with Gasteiger partial charge in [0.2, 0.25) is 11.8 Å². The number of unbranched alkanes of at least 4 members (excludes halogenated alkanes) is 1. The number of likely N-dealkylation sites (tertiary alicyclic amines) is 1. The molecule has 5 rings (SSSR count). The van der Waals surface area contributed by atoms with E-state index in [1.165, 1.54) is 37.7 Å². The highest BCUT2D eigenvalue weighted by Gasteiger charge is 2.53. The maximum Gasteiger partial charge on any atom is 0.246 e. The van der Waals surface area contributed by atoms with E-state index < -0.39 is 5.54 Å². The van der Waals surface area contributed by atoms with E-state index in [1.807, 2.05) is 55.4 Å². The van der Waals surface area contributed by atoms with Crippen molar-refractivity contribution in [1.29, 1.82) is 0 Å². The number of carbonyl (C=O) groups excluding carboxylic acids is 2. The number of rotatable bonds is 10. The van der Waals surface area contributed by atoms with Crippen LogP contribution in [0.25, 0.3) is 0 Å². The lowest BCUT2D eigenvalue weighted by Gasteiger charge is -2.52. The summed E-state index contributed by atoms with van der Waals surface area (Å²) >= 11 is 0. The Bertz CT molecular complexity index is 1160. The molecule has 1 aliphatic carbocycles. The van der Waals surface area contributed by atoms with Gasteiger partial charge in [0, 0.05) is 46.0 Å². The Balaban J connectivity index is 0.00000405. The predicted molar refractivity (Wildman–Crippen MR) is 172 cm³/mol. The summed E-state index contributed by atoms with van der Waals surface area (Å²) in [5, 5.41) is 3.21. The number of hydrogen-bond acceptors (Lipinski definition) is 5. The van der Waals surface area contributed by atoms with Crippen molar-refractivity contribution in [3.63, 3.8) is 0 Å².